The predicted molar refractivity (Wildman–Crippen MR) is 81.2 cm³/mol. The van der Waals surface area contributed by atoms with Crippen molar-refractivity contribution in [1.29, 1.82) is 0 Å². The zero-order chi connectivity index (χ0) is 13.5. The van der Waals surface area contributed by atoms with Crippen LogP contribution in [0.3, 0.4) is 0 Å². The zero-order valence-electron chi connectivity index (χ0n) is 11.6. The lowest BCUT2D eigenvalue weighted by Gasteiger charge is -2.21. The zero-order valence-corrected chi connectivity index (χ0v) is 11.6. The van der Waals surface area contributed by atoms with Crippen LogP contribution in [0.2, 0.25) is 0 Å². The number of nitrogen functional groups attached to an aromatic ring is 1. The van der Waals surface area contributed by atoms with E-state index in [2.05, 4.69) is 24.1 Å². The molecule has 3 heteroatoms. The highest BCUT2D eigenvalue weighted by atomic mass is 14.9. The fourth-order valence-electron chi connectivity index (χ4n) is 2.72. The minimum absolute atomic E-state index is 0.482. The second-order valence-electron chi connectivity index (χ2n) is 5.97. The van der Waals surface area contributed by atoms with Crippen molar-refractivity contribution in [1.82, 2.24) is 4.98 Å². The van der Waals surface area contributed by atoms with E-state index in [0.717, 1.165) is 34.7 Å². The van der Waals surface area contributed by atoms with E-state index < -0.39 is 0 Å². The van der Waals surface area contributed by atoms with E-state index in [1.807, 2.05) is 24.3 Å². The number of nitrogens with two attached hydrogens (primary N) is 1. The van der Waals surface area contributed by atoms with Crippen molar-refractivity contribution in [2.24, 2.45) is 11.3 Å². The van der Waals surface area contributed by atoms with E-state index in [-0.39, 0.29) is 0 Å². The highest BCUT2D eigenvalue weighted by Crippen LogP contribution is 2.51. The molecule has 100 valence electrons. The molecule has 1 aliphatic rings. The van der Waals surface area contributed by atoms with Crippen molar-refractivity contribution in [2.75, 3.05) is 17.6 Å². The Labute approximate surface area is 114 Å². The summed E-state index contributed by atoms with van der Waals surface area (Å²) in [6.07, 6.45) is 4.45. The molecule has 0 radical (unpaired) electrons. The van der Waals surface area contributed by atoms with Gasteiger partial charge in [-0.1, -0.05) is 13.8 Å². The smallest absolute Gasteiger partial charge is 0.0724 e. The van der Waals surface area contributed by atoms with Crippen LogP contribution in [-0.4, -0.2) is 11.5 Å². The van der Waals surface area contributed by atoms with Crippen LogP contribution in [0.5, 0.6) is 0 Å². The summed E-state index contributed by atoms with van der Waals surface area (Å²) < 4.78 is 0. The first-order valence-electron chi connectivity index (χ1n) is 6.99. The Kier molecular flexibility index (Phi) is 2.85. The van der Waals surface area contributed by atoms with Gasteiger partial charge in [-0.25, -0.2) is 0 Å². The molecule has 1 heterocycles. The first kappa shape index (κ1) is 12.3. The Balaban J connectivity index is 1.84. The summed E-state index contributed by atoms with van der Waals surface area (Å²) in [5.74, 6) is 0.725. The van der Waals surface area contributed by atoms with Gasteiger partial charge in [0.05, 0.1) is 16.9 Å². The summed E-state index contributed by atoms with van der Waals surface area (Å²) in [6, 6.07) is 8.03. The Morgan fingerprint density at radius 3 is 2.79 bits per heavy atom. The van der Waals surface area contributed by atoms with Gasteiger partial charge in [0, 0.05) is 18.1 Å². The summed E-state index contributed by atoms with van der Waals surface area (Å²) in [5.41, 5.74) is 9.52. The van der Waals surface area contributed by atoms with E-state index in [1.165, 1.54) is 12.8 Å². The number of nitrogens with one attached hydrogen (secondary N) is 1. The van der Waals surface area contributed by atoms with Gasteiger partial charge in [-0.05, 0) is 48.4 Å². The number of hydrogen-bond acceptors (Lipinski definition) is 3. The lowest BCUT2D eigenvalue weighted by Crippen LogP contribution is -2.21. The number of nitrogens with zero attached hydrogens (tertiary/aromatic N) is 1. The van der Waals surface area contributed by atoms with Crippen LogP contribution < -0.4 is 11.1 Å². The maximum absolute atomic E-state index is 6.24. The summed E-state index contributed by atoms with van der Waals surface area (Å²) in [5, 5.41) is 4.57. The van der Waals surface area contributed by atoms with Gasteiger partial charge in [0.2, 0.25) is 0 Å². The Morgan fingerprint density at radius 2 is 2.11 bits per heavy atom. The third-order valence-corrected chi connectivity index (χ3v) is 4.57. The number of hydrogen-bond donors (Lipinski definition) is 2. The highest BCUT2D eigenvalue weighted by Gasteiger charge is 2.44. The van der Waals surface area contributed by atoms with Crippen molar-refractivity contribution < 1.29 is 0 Å². The standard InChI is InChI=1S/C16H21N3/c1-11(2)16(7-8-16)10-19-14-6-5-13-12(15(14)17)4-3-9-18-13/h3-6,9,11,19H,7-8,10,17H2,1-2H3. The second-order valence-corrected chi connectivity index (χ2v) is 5.97. The predicted octanol–water partition coefficient (Wildman–Crippen LogP) is 3.67. The van der Waals surface area contributed by atoms with E-state index in [0.29, 0.717) is 5.41 Å². The van der Waals surface area contributed by atoms with Crippen LogP contribution in [0, 0.1) is 11.3 Å². The average Bonchev–Trinajstić information content (AvgIpc) is 3.20. The van der Waals surface area contributed by atoms with Crippen LogP contribution in [0.15, 0.2) is 30.5 Å². The molecular weight excluding hydrogens is 234 g/mol. The first-order valence-corrected chi connectivity index (χ1v) is 6.99. The molecule has 3 N–H and O–H groups in total. The van der Waals surface area contributed by atoms with Gasteiger partial charge in [-0.3, -0.25) is 4.98 Å². The largest absolute Gasteiger partial charge is 0.397 e. The van der Waals surface area contributed by atoms with Crippen LogP contribution in [0.4, 0.5) is 11.4 Å². The molecule has 1 aromatic carbocycles. The Hall–Kier alpha value is -1.77. The van der Waals surface area contributed by atoms with Crippen molar-refractivity contribution in [3.63, 3.8) is 0 Å². The molecule has 1 saturated carbocycles. The number of rotatable bonds is 4. The van der Waals surface area contributed by atoms with E-state index >= 15 is 0 Å². The second kappa shape index (κ2) is 4.41. The molecule has 0 unspecified atom stereocenters. The van der Waals surface area contributed by atoms with Crippen molar-refractivity contribution in [3.05, 3.63) is 30.5 Å². The molecule has 0 aliphatic heterocycles. The fraction of sp³-hybridized carbons (Fsp3) is 0.438. The monoisotopic (exact) mass is 255 g/mol. The molecule has 1 aliphatic carbocycles. The summed E-state index contributed by atoms with van der Waals surface area (Å²) in [6.45, 7) is 5.63. The lowest BCUT2D eigenvalue weighted by atomic mass is 9.92. The van der Waals surface area contributed by atoms with Crippen LogP contribution in [0.25, 0.3) is 10.9 Å². The minimum Gasteiger partial charge on any atom is -0.397 e. The molecule has 0 amide bonds. The van der Waals surface area contributed by atoms with E-state index in [1.54, 1.807) is 6.20 Å². The normalized spacial score (nSPS) is 16.8. The molecule has 2 aromatic rings. The van der Waals surface area contributed by atoms with Crippen LogP contribution in [0.1, 0.15) is 26.7 Å². The molecule has 0 bridgehead atoms. The first-order chi connectivity index (χ1) is 9.12. The average molecular weight is 255 g/mol. The summed E-state index contributed by atoms with van der Waals surface area (Å²) in [7, 11) is 0. The number of aromatic nitrogens is 1. The van der Waals surface area contributed by atoms with Gasteiger partial charge in [0.1, 0.15) is 0 Å². The van der Waals surface area contributed by atoms with Crippen molar-refractivity contribution >= 4 is 22.3 Å². The molecule has 19 heavy (non-hydrogen) atoms. The summed E-state index contributed by atoms with van der Waals surface area (Å²) in [4.78, 5) is 4.32. The topological polar surface area (TPSA) is 50.9 Å². The Morgan fingerprint density at radius 1 is 1.32 bits per heavy atom. The van der Waals surface area contributed by atoms with Crippen molar-refractivity contribution in [3.8, 4) is 0 Å². The molecule has 0 spiro atoms. The molecule has 0 atom stereocenters. The molecule has 3 nitrogen and oxygen atoms in total. The van der Waals surface area contributed by atoms with Gasteiger partial charge >= 0.3 is 0 Å². The number of pyridine rings is 1. The maximum Gasteiger partial charge on any atom is 0.0724 e. The van der Waals surface area contributed by atoms with Gasteiger partial charge in [-0.2, -0.15) is 0 Å². The molecular formula is C16H21N3. The fourth-order valence-corrected chi connectivity index (χ4v) is 2.72. The van der Waals surface area contributed by atoms with Crippen LogP contribution >= 0.6 is 0 Å². The third-order valence-electron chi connectivity index (χ3n) is 4.57. The minimum atomic E-state index is 0.482. The number of fused-ring (bicyclic) bond motifs is 1. The SMILES string of the molecule is CC(C)C1(CNc2ccc3ncccc3c2N)CC1. The van der Waals surface area contributed by atoms with Crippen molar-refractivity contribution in [2.45, 2.75) is 26.7 Å². The Bertz CT molecular complexity index is 600. The molecule has 0 saturated heterocycles. The van der Waals surface area contributed by atoms with Crippen LogP contribution in [-0.2, 0) is 0 Å². The number of benzene rings is 1. The van der Waals surface area contributed by atoms with Gasteiger partial charge < -0.3 is 11.1 Å². The molecule has 1 aromatic heterocycles. The van der Waals surface area contributed by atoms with E-state index in [4.69, 9.17) is 5.73 Å². The van der Waals surface area contributed by atoms with E-state index in [9.17, 15) is 0 Å². The highest BCUT2D eigenvalue weighted by molar-refractivity contribution is 5.96. The van der Waals surface area contributed by atoms with Gasteiger partial charge in [-0.15, -0.1) is 0 Å². The van der Waals surface area contributed by atoms with Gasteiger partial charge in [0.15, 0.2) is 0 Å². The quantitative estimate of drug-likeness (QED) is 0.820. The van der Waals surface area contributed by atoms with Gasteiger partial charge in [0.25, 0.3) is 0 Å². The summed E-state index contributed by atoms with van der Waals surface area (Å²) >= 11 is 0. The maximum atomic E-state index is 6.24. The molecule has 1 fully saturated rings. The lowest BCUT2D eigenvalue weighted by molar-refractivity contribution is 0.380. The molecule has 3 rings (SSSR count). The number of anilines is 2. The third kappa shape index (κ3) is 2.14.